The molecular weight excluding hydrogens is 395 g/mol. The predicted molar refractivity (Wildman–Crippen MR) is 105 cm³/mol. The number of thioether (sulfide) groups is 1. The Bertz CT molecular complexity index is 1130. The van der Waals surface area contributed by atoms with Crippen LogP contribution in [0.4, 0.5) is 10.2 Å². The molecule has 0 aliphatic rings. The molecule has 29 heavy (non-hydrogen) atoms. The number of nitrogens with one attached hydrogen (secondary N) is 1. The SMILES string of the molecule is CC(=O)Nc1nonc1-c1nnc(SCc2ccc(F)cc2)n1-c1ccccc1. The van der Waals surface area contributed by atoms with Crippen molar-refractivity contribution in [2.75, 3.05) is 5.32 Å². The summed E-state index contributed by atoms with van der Waals surface area (Å²) in [5, 5.41) is 19.3. The normalized spacial score (nSPS) is 10.8. The summed E-state index contributed by atoms with van der Waals surface area (Å²) >= 11 is 1.44. The van der Waals surface area contributed by atoms with Crippen LogP contribution in [-0.2, 0) is 10.5 Å². The summed E-state index contributed by atoms with van der Waals surface area (Å²) in [5.74, 6) is 0.525. The highest BCUT2D eigenvalue weighted by Gasteiger charge is 2.23. The number of halogens is 1. The molecule has 1 N–H and O–H groups in total. The predicted octanol–water partition coefficient (Wildman–Crippen LogP) is 3.71. The molecule has 0 fully saturated rings. The van der Waals surface area contributed by atoms with Crippen molar-refractivity contribution in [3.05, 3.63) is 66.0 Å². The summed E-state index contributed by atoms with van der Waals surface area (Å²) in [4.78, 5) is 11.4. The molecule has 146 valence electrons. The Kier molecular flexibility index (Phi) is 5.34. The van der Waals surface area contributed by atoms with E-state index in [1.165, 1.54) is 30.8 Å². The van der Waals surface area contributed by atoms with Crippen LogP contribution in [0, 0.1) is 5.82 Å². The van der Waals surface area contributed by atoms with Gasteiger partial charge in [0, 0.05) is 18.4 Å². The molecule has 0 unspecified atom stereocenters. The van der Waals surface area contributed by atoms with E-state index in [4.69, 9.17) is 4.63 Å². The van der Waals surface area contributed by atoms with E-state index in [1.807, 2.05) is 30.3 Å². The molecule has 0 saturated carbocycles. The minimum absolute atomic E-state index is 0.164. The highest BCUT2D eigenvalue weighted by atomic mass is 32.2. The molecule has 0 spiro atoms. The maximum atomic E-state index is 13.1. The smallest absolute Gasteiger partial charge is 0.222 e. The van der Waals surface area contributed by atoms with Crippen LogP contribution in [0.2, 0.25) is 0 Å². The lowest BCUT2D eigenvalue weighted by molar-refractivity contribution is -0.114. The van der Waals surface area contributed by atoms with Gasteiger partial charge in [-0.25, -0.2) is 9.02 Å². The summed E-state index contributed by atoms with van der Waals surface area (Å²) in [7, 11) is 0. The van der Waals surface area contributed by atoms with Crippen molar-refractivity contribution in [2.24, 2.45) is 0 Å². The Hall–Kier alpha value is -3.53. The van der Waals surface area contributed by atoms with E-state index >= 15 is 0 Å². The monoisotopic (exact) mass is 410 g/mol. The van der Waals surface area contributed by atoms with Crippen LogP contribution in [-0.4, -0.2) is 31.0 Å². The van der Waals surface area contributed by atoms with Crippen LogP contribution in [0.15, 0.2) is 64.4 Å². The number of para-hydroxylation sites is 1. The fourth-order valence-electron chi connectivity index (χ4n) is 2.64. The van der Waals surface area contributed by atoms with Gasteiger partial charge in [-0.05, 0) is 40.1 Å². The zero-order chi connectivity index (χ0) is 20.2. The third-order valence-corrected chi connectivity index (χ3v) is 4.92. The molecule has 8 nitrogen and oxygen atoms in total. The largest absolute Gasteiger partial charge is 0.306 e. The molecule has 4 rings (SSSR count). The Morgan fingerprint density at radius 2 is 1.86 bits per heavy atom. The number of amides is 1. The first-order valence-corrected chi connectivity index (χ1v) is 9.59. The first-order valence-electron chi connectivity index (χ1n) is 8.60. The number of hydrogen-bond donors (Lipinski definition) is 1. The summed E-state index contributed by atoms with van der Waals surface area (Å²) in [6.07, 6.45) is 0. The second kappa shape index (κ2) is 8.23. The highest BCUT2D eigenvalue weighted by molar-refractivity contribution is 7.98. The topological polar surface area (TPSA) is 98.7 Å². The van der Waals surface area contributed by atoms with E-state index in [0.717, 1.165) is 11.3 Å². The molecule has 10 heteroatoms. The van der Waals surface area contributed by atoms with E-state index < -0.39 is 0 Å². The lowest BCUT2D eigenvalue weighted by atomic mass is 10.2. The fourth-order valence-corrected chi connectivity index (χ4v) is 3.55. The second-order valence-electron chi connectivity index (χ2n) is 6.03. The Morgan fingerprint density at radius 1 is 1.10 bits per heavy atom. The number of rotatable bonds is 6. The minimum atomic E-state index is -0.307. The molecule has 0 radical (unpaired) electrons. The van der Waals surface area contributed by atoms with Crippen molar-refractivity contribution < 1.29 is 13.8 Å². The summed E-state index contributed by atoms with van der Waals surface area (Å²) in [6.45, 7) is 1.37. The molecule has 0 aliphatic heterocycles. The minimum Gasteiger partial charge on any atom is -0.306 e. The lowest BCUT2D eigenvalue weighted by Crippen LogP contribution is -2.08. The average Bonchev–Trinajstić information content (AvgIpc) is 3.34. The van der Waals surface area contributed by atoms with Crippen LogP contribution in [0.5, 0.6) is 0 Å². The Labute approximate surface area is 169 Å². The summed E-state index contributed by atoms with van der Waals surface area (Å²) in [5.41, 5.74) is 2.03. The lowest BCUT2D eigenvalue weighted by Gasteiger charge is -2.09. The van der Waals surface area contributed by atoms with E-state index in [9.17, 15) is 9.18 Å². The van der Waals surface area contributed by atoms with Gasteiger partial charge in [-0.15, -0.1) is 10.2 Å². The van der Waals surface area contributed by atoms with Crippen LogP contribution in [0.1, 0.15) is 12.5 Å². The Balaban J connectivity index is 1.72. The molecule has 2 aromatic carbocycles. The molecule has 1 amide bonds. The standard InChI is InChI=1S/C19H15FN6O2S/c1-12(27)21-17-16(24-28-25-17)18-22-23-19(26(18)15-5-3-2-4-6-15)29-11-13-7-9-14(20)10-8-13/h2-10H,11H2,1H3,(H,21,25,27). The molecule has 2 heterocycles. The van der Waals surface area contributed by atoms with Crippen molar-refractivity contribution in [2.45, 2.75) is 17.8 Å². The number of carbonyl (C=O) groups excluding carboxylic acids is 1. The van der Waals surface area contributed by atoms with Crippen molar-refractivity contribution in [1.82, 2.24) is 25.1 Å². The van der Waals surface area contributed by atoms with Crippen molar-refractivity contribution in [3.63, 3.8) is 0 Å². The van der Waals surface area contributed by atoms with Gasteiger partial charge in [-0.3, -0.25) is 9.36 Å². The quantitative estimate of drug-likeness (QED) is 0.484. The number of carbonyl (C=O) groups is 1. The first kappa shape index (κ1) is 18.8. The third-order valence-electron chi connectivity index (χ3n) is 3.92. The molecule has 0 saturated heterocycles. The van der Waals surface area contributed by atoms with Gasteiger partial charge in [0.05, 0.1) is 0 Å². The third kappa shape index (κ3) is 4.16. The van der Waals surface area contributed by atoms with Crippen molar-refractivity contribution in [3.8, 4) is 17.2 Å². The molecule has 4 aromatic rings. The van der Waals surface area contributed by atoms with Gasteiger partial charge in [0.1, 0.15) is 5.82 Å². The van der Waals surface area contributed by atoms with Crippen LogP contribution in [0.3, 0.4) is 0 Å². The zero-order valence-electron chi connectivity index (χ0n) is 15.2. The van der Waals surface area contributed by atoms with E-state index in [-0.39, 0.29) is 23.2 Å². The van der Waals surface area contributed by atoms with Crippen LogP contribution >= 0.6 is 11.8 Å². The summed E-state index contributed by atoms with van der Waals surface area (Å²) < 4.78 is 19.7. The van der Waals surface area contributed by atoms with Gasteiger partial charge in [-0.2, -0.15) is 0 Å². The van der Waals surface area contributed by atoms with Gasteiger partial charge in [-0.1, -0.05) is 42.1 Å². The summed E-state index contributed by atoms with van der Waals surface area (Å²) in [6, 6.07) is 15.8. The molecule has 0 bridgehead atoms. The van der Waals surface area contributed by atoms with Gasteiger partial charge in [0.2, 0.25) is 11.7 Å². The van der Waals surface area contributed by atoms with E-state index in [0.29, 0.717) is 16.7 Å². The fraction of sp³-hybridized carbons (Fsp3) is 0.105. The number of hydrogen-bond acceptors (Lipinski definition) is 7. The zero-order valence-corrected chi connectivity index (χ0v) is 16.1. The Morgan fingerprint density at radius 3 is 2.59 bits per heavy atom. The number of aromatic nitrogens is 5. The maximum Gasteiger partial charge on any atom is 0.222 e. The first-order chi connectivity index (χ1) is 14.1. The molecular formula is C19H15FN6O2S. The highest BCUT2D eigenvalue weighted by Crippen LogP contribution is 2.31. The number of benzene rings is 2. The molecule has 0 atom stereocenters. The number of anilines is 1. The van der Waals surface area contributed by atoms with E-state index in [2.05, 4.69) is 25.8 Å². The van der Waals surface area contributed by atoms with Gasteiger partial charge >= 0.3 is 0 Å². The molecule has 2 aromatic heterocycles. The van der Waals surface area contributed by atoms with Gasteiger partial charge in [0.15, 0.2) is 16.7 Å². The van der Waals surface area contributed by atoms with Gasteiger partial charge in [0.25, 0.3) is 0 Å². The van der Waals surface area contributed by atoms with Crippen molar-refractivity contribution >= 4 is 23.5 Å². The second-order valence-corrected chi connectivity index (χ2v) is 6.98. The van der Waals surface area contributed by atoms with Crippen molar-refractivity contribution in [1.29, 1.82) is 0 Å². The van der Waals surface area contributed by atoms with Gasteiger partial charge < -0.3 is 5.32 Å². The van der Waals surface area contributed by atoms with Crippen LogP contribution < -0.4 is 5.32 Å². The number of nitrogens with zero attached hydrogens (tertiary/aromatic N) is 5. The average molecular weight is 410 g/mol. The van der Waals surface area contributed by atoms with E-state index in [1.54, 1.807) is 16.7 Å². The maximum absolute atomic E-state index is 13.1. The molecule has 0 aliphatic carbocycles. The van der Waals surface area contributed by atoms with Crippen LogP contribution in [0.25, 0.3) is 17.2 Å².